The lowest BCUT2D eigenvalue weighted by Crippen LogP contribution is -2.61. The van der Waals surface area contributed by atoms with Gasteiger partial charge in [-0.1, -0.05) is 79.2 Å². The fourth-order valence-corrected chi connectivity index (χ4v) is 13.9. The zero-order valence-electron chi connectivity index (χ0n) is 65.6. The van der Waals surface area contributed by atoms with E-state index in [1.54, 1.807) is 49.1 Å². The molecule has 10 atom stereocenters. The highest BCUT2D eigenvalue weighted by Crippen LogP contribution is 2.25. The molecule has 0 aliphatic rings. The van der Waals surface area contributed by atoms with Crippen LogP contribution >= 0.6 is 0 Å². The number of amides is 9. The van der Waals surface area contributed by atoms with Gasteiger partial charge in [-0.15, -0.1) is 0 Å². The van der Waals surface area contributed by atoms with Gasteiger partial charge in [0, 0.05) is 114 Å². The predicted molar refractivity (Wildman–Crippen MR) is 447 cm³/mol. The lowest BCUT2D eigenvalue weighted by molar-refractivity contribution is -0.142. The van der Waals surface area contributed by atoms with E-state index in [0.717, 1.165) is 10.9 Å². The first-order valence-electron chi connectivity index (χ1n) is 39.6. The summed E-state index contributed by atoms with van der Waals surface area (Å²) >= 11 is 0. The van der Waals surface area contributed by atoms with E-state index in [2.05, 4.69) is 83.7 Å². The molecule has 4 aromatic heterocycles. The quantitative estimate of drug-likeness (QED) is 0.0134. The Morgan fingerprint density at radius 1 is 0.308 bits per heavy atom. The Kier molecular flexibility index (Phi) is 35.4. The van der Waals surface area contributed by atoms with Crippen LogP contribution in [0.15, 0.2) is 122 Å². The van der Waals surface area contributed by atoms with E-state index in [0.29, 0.717) is 93.6 Å². The van der Waals surface area contributed by atoms with Crippen molar-refractivity contribution >= 4 is 121 Å². The zero-order valence-corrected chi connectivity index (χ0v) is 65.6. The number of hydrogen-bond acceptors (Lipinski definition) is 17. The number of nitrogens with one attached hydrogen (secondary N) is 19. The molecule has 8 aromatic rings. The van der Waals surface area contributed by atoms with Crippen LogP contribution in [-0.4, -0.2) is 202 Å². The van der Waals surface area contributed by atoms with Crippen molar-refractivity contribution in [2.24, 2.45) is 40.1 Å². The summed E-state index contributed by atoms with van der Waals surface area (Å²) < 4.78 is 0. The number of carbonyl (C=O) groups is 10. The largest absolute Gasteiger partial charge is 0.480 e. The van der Waals surface area contributed by atoms with Crippen LogP contribution < -0.4 is 104 Å². The summed E-state index contributed by atoms with van der Waals surface area (Å²) in [7, 11) is 0. The van der Waals surface area contributed by atoms with Crippen molar-refractivity contribution in [2.45, 2.75) is 182 Å². The minimum Gasteiger partial charge on any atom is -0.480 e. The van der Waals surface area contributed by atoms with Gasteiger partial charge in [0.1, 0.15) is 54.4 Å². The van der Waals surface area contributed by atoms with Gasteiger partial charge in [0.05, 0.1) is 6.04 Å². The fraction of sp³-hybridized carbons (Fsp3) is 0.438. The van der Waals surface area contributed by atoms with Crippen molar-refractivity contribution in [3.05, 3.63) is 144 Å². The number of para-hydroxylation sites is 4. The number of carbonyl (C=O) groups excluding carboxylic acids is 9. The third-order valence-electron chi connectivity index (χ3n) is 20.2. The summed E-state index contributed by atoms with van der Waals surface area (Å²) in [6, 6.07) is 15.0. The summed E-state index contributed by atoms with van der Waals surface area (Å²) in [6.45, 7) is 1.13. The van der Waals surface area contributed by atoms with Gasteiger partial charge in [0.15, 0.2) is 17.9 Å². The number of guanidine groups is 3. The Bertz CT molecular complexity index is 4690. The van der Waals surface area contributed by atoms with E-state index >= 15 is 24.0 Å². The van der Waals surface area contributed by atoms with Crippen LogP contribution in [0, 0.1) is 16.2 Å². The normalized spacial score (nSPS) is 13.9. The Morgan fingerprint density at radius 2 is 0.530 bits per heavy atom. The molecule has 37 heteroatoms. The molecule has 37 nitrogen and oxygen atoms in total. The molecule has 0 spiro atoms. The summed E-state index contributed by atoms with van der Waals surface area (Å²) in [5.74, 6) is -9.85. The smallest absolute Gasteiger partial charge is 0.326 e. The molecule has 0 unspecified atom stereocenters. The number of carboxylic acid groups (broad SMARTS) is 1. The maximum atomic E-state index is 15.8. The number of H-pyrrole nitrogens is 4. The number of fused-ring (bicyclic) bond motifs is 4. The number of aromatic nitrogens is 4. The Hall–Kier alpha value is -12.6. The number of benzene rings is 4. The van der Waals surface area contributed by atoms with Crippen LogP contribution in [0.25, 0.3) is 43.6 Å². The van der Waals surface area contributed by atoms with Crippen molar-refractivity contribution in [2.75, 3.05) is 39.3 Å². The third-order valence-corrected chi connectivity index (χ3v) is 20.2. The van der Waals surface area contributed by atoms with Gasteiger partial charge in [-0.3, -0.25) is 59.4 Å². The van der Waals surface area contributed by atoms with Crippen molar-refractivity contribution < 1.29 is 53.1 Å². The molecule has 0 saturated carbocycles. The van der Waals surface area contributed by atoms with Gasteiger partial charge in [-0.2, -0.15) is 0 Å². The first-order chi connectivity index (χ1) is 56.3. The van der Waals surface area contributed by atoms with Crippen molar-refractivity contribution in [3.8, 4) is 0 Å². The Balaban J connectivity index is 1.14. The molecule has 117 heavy (non-hydrogen) atoms. The van der Waals surface area contributed by atoms with E-state index in [1.165, 1.54) is 0 Å². The highest BCUT2D eigenvalue weighted by atomic mass is 16.4. The summed E-state index contributed by atoms with van der Waals surface area (Å²) in [4.78, 5) is 161. The molecule has 0 saturated heterocycles. The lowest BCUT2D eigenvalue weighted by atomic mass is 9.99. The number of carboxylic acids is 1. The second-order valence-electron chi connectivity index (χ2n) is 29.1. The van der Waals surface area contributed by atoms with E-state index in [9.17, 15) is 29.1 Å². The topological polar surface area (TPSA) is 652 Å². The van der Waals surface area contributed by atoms with Crippen LogP contribution in [0.4, 0.5) is 0 Å². The van der Waals surface area contributed by atoms with Crippen LogP contribution in [0.2, 0.25) is 0 Å². The summed E-state index contributed by atoms with van der Waals surface area (Å²) in [5, 5.41) is 69.5. The summed E-state index contributed by atoms with van der Waals surface area (Å²) in [5.41, 5.74) is 45.7. The Labute approximate surface area is 676 Å². The lowest BCUT2D eigenvalue weighted by Gasteiger charge is -2.28. The molecule has 0 radical (unpaired) electrons. The predicted octanol–water partition coefficient (Wildman–Crippen LogP) is -0.166. The molecule has 0 aliphatic carbocycles. The highest BCUT2D eigenvalue weighted by Gasteiger charge is 2.38. The molecule has 0 fully saturated rings. The monoisotopic (exact) mass is 1610 g/mol. The van der Waals surface area contributed by atoms with Gasteiger partial charge in [0.25, 0.3) is 0 Å². The highest BCUT2D eigenvalue weighted by molar-refractivity contribution is 6.00. The van der Waals surface area contributed by atoms with Crippen LogP contribution in [0.1, 0.15) is 119 Å². The first kappa shape index (κ1) is 89.9. The molecule has 4 aromatic carbocycles. The van der Waals surface area contributed by atoms with Gasteiger partial charge >= 0.3 is 5.97 Å². The standard InChI is InChI=1S/C80H114N26O11/c81-32-12-9-22-54(84)68(107)98-60(29-15-35-91-78(85)86)72(111)104-67(41-49-45-97-58-26-8-4-21-53(49)58)76(115)105-64(38-46-42-94-55-23-5-1-18-50(46)55)73(112)100-59(27-10-13-33-82)71(110)103-66(40-48-44-96-57-25-7-3-20-52(48)57)75(114)106-65(39-47-43-95-56-24-6-2-19-51(47)56)74(113)101-61(30-16-36-92-79(87)88)69(108)99-62(31-17-37-93-80(89)90)70(109)102-63(77(116)117)28-11-14-34-83/h1-8,18-21,23-26,42-45,54,59-67,94-97H,9-17,22,27-41,81-84H2,(H,98,107)(H,99,108)(H,100,112)(H,101,113)(H,102,109)(H,103,110)(H,104,111)(H,105,115)(H,106,114)(H,116,117)(H4,85,86,91)(H4,87,88,92)(H4,89,90,93)/t54-,59-,60-,61-,62-,63-,64-,65-,66-,67-/m0/s1. The molecule has 34 N–H and O–H groups in total. The number of rotatable bonds is 51. The molecule has 9 amide bonds. The molecule has 8 rings (SSSR count). The number of aliphatic carboxylic acids is 1. The van der Waals surface area contributed by atoms with Gasteiger partial charge in [-0.05, 0) is 156 Å². The average Bonchev–Trinajstić information content (AvgIpc) is 1.66. The molecule has 0 aliphatic heterocycles. The average molecular weight is 1620 g/mol. The van der Waals surface area contributed by atoms with E-state index < -0.39 is 120 Å². The minimum absolute atomic E-state index is 0.00997. The van der Waals surface area contributed by atoms with Crippen molar-refractivity contribution in [3.63, 3.8) is 0 Å². The molecular formula is C80H114N26O11. The second-order valence-corrected chi connectivity index (χ2v) is 29.1. The first-order valence-corrected chi connectivity index (χ1v) is 39.6. The second kappa shape index (κ2) is 46.1. The summed E-state index contributed by atoms with van der Waals surface area (Å²) in [6.07, 6.45) is 9.06. The van der Waals surface area contributed by atoms with E-state index in [-0.39, 0.29) is 140 Å². The van der Waals surface area contributed by atoms with Gasteiger partial charge in [0.2, 0.25) is 53.2 Å². The van der Waals surface area contributed by atoms with Crippen molar-refractivity contribution in [1.29, 1.82) is 16.2 Å². The number of nitrogens with two attached hydrogens (primary N) is 7. The third kappa shape index (κ3) is 27.8. The molecular weight excluding hydrogens is 1500 g/mol. The van der Waals surface area contributed by atoms with Gasteiger partial charge in [-0.25, -0.2) is 4.79 Å². The maximum Gasteiger partial charge on any atom is 0.326 e. The Morgan fingerprint density at radius 3 is 0.795 bits per heavy atom. The van der Waals surface area contributed by atoms with Gasteiger partial charge < -0.3 is 129 Å². The van der Waals surface area contributed by atoms with Crippen LogP contribution in [-0.2, 0) is 73.6 Å². The molecule has 630 valence electrons. The SMILES string of the molecule is N=C(N)NCCC[C@H](NC(=O)[C@H](CCCNC(=N)N)NC(=O)[C@H](Cc1c[nH]c2ccccc12)NC(=O)[C@H](Cc1c[nH]c2ccccc12)NC(=O)[C@H](CCCCN)NC(=O)[C@H](Cc1c[nH]c2ccccc12)NC(=O)[C@H](Cc1c[nH]c2ccccc12)NC(=O)[C@H](CCCNC(=N)N)NC(=O)[C@@H](N)CCCCN)C(=O)N[C@@H](CCCCN)C(=O)O. The molecule has 0 bridgehead atoms. The molecule has 4 heterocycles. The van der Waals surface area contributed by atoms with E-state index in [1.807, 2.05) is 72.8 Å². The maximum absolute atomic E-state index is 15.8. The number of hydrogen-bond donors (Lipinski definition) is 27. The van der Waals surface area contributed by atoms with E-state index in [4.69, 9.17) is 56.4 Å². The van der Waals surface area contributed by atoms with Crippen LogP contribution in [0.5, 0.6) is 0 Å². The van der Waals surface area contributed by atoms with Crippen molar-refractivity contribution in [1.82, 2.24) is 83.7 Å². The number of unbranched alkanes of at least 4 members (excludes halogenated alkanes) is 3. The zero-order chi connectivity index (χ0) is 84.3. The number of aromatic amines is 4. The fourth-order valence-electron chi connectivity index (χ4n) is 13.9. The minimum atomic E-state index is -1.56. The van der Waals surface area contributed by atoms with Crippen LogP contribution in [0.3, 0.4) is 0 Å².